The SMILES string of the molecule is Cc1cc(=O)c(C(=O)Oc2ccc(Cl)cc2Br)nn1-c1ccccc1[N+](=O)[O-]. The zero-order chi connectivity index (χ0) is 20.4. The number of carbonyl (C=O) groups is 1. The molecule has 1 heterocycles. The maximum absolute atomic E-state index is 12.5. The summed E-state index contributed by atoms with van der Waals surface area (Å²) in [6, 6.07) is 11.5. The predicted molar refractivity (Wildman–Crippen MR) is 105 cm³/mol. The predicted octanol–water partition coefficient (Wildman–Crippen LogP) is 4.08. The van der Waals surface area contributed by atoms with E-state index in [-0.39, 0.29) is 17.1 Å². The molecule has 0 saturated heterocycles. The highest BCUT2D eigenvalue weighted by atomic mass is 79.9. The lowest BCUT2D eigenvalue weighted by molar-refractivity contribution is -0.384. The number of aromatic nitrogens is 2. The smallest absolute Gasteiger partial charge is 0.368 e. The van der Waals surface area contributed by atoms with Crippen LogP contribution in [0.3, 0.4) is 0 Å². The van der Waals surface area contributed by atoms with Crippen LogP contribution in [0, 0.1) is 17.0 Å². The molecule has 0 spiro atoms. The number of benzene rings is 2. The van der Waals surface area contributed by atoms with Gasteiger partial charge in [0.2, 0.25) is 11.1 Å². The molecule has 0 aliphatic carbocycles. The second-order valence-electron chi connectivity index (χ2n) is 5.62. The zero-order valence-corrected chi connectivity index (χ0v) is 16.6. The first-order valence-corrected chi connectivity index (χ1v) is 8.97. The molecule has 10 heteroatoms. The highest BCUT2D eigenvalue weighted by molar-refractivity contribution is 9.10. The molecule has 3 rings (SSSR count). The normalized spacial score (nSPS) is 10.5. The van der Waals surface area contributed by atoms with Gasteiger partial charge in [-0.3, -0.25) is 14.9 Å². The van der Waals surface area contributed by atoms with Gasteiger partial charge in [-0.25, -0.2) is 9.48 Å². The zero-order valence-electron chi connectivity index (χ0n) is 14.3. The standard InChI is InChI=1S/C18H11BrClN3O5/c1-10-8-15(24)17(18(25)28-16-7-6-11(20)9-12(16)19)21-22(10)13-4-2-3-5-14(13)23(26)27/h2-9H,1H3. The first-order valence-electron chi connectivity index (χ1n) is 7.80. The summed E-state index contributed by atoms with van der Waals surface area (Å²) in [5.41, 5.74) is -0.954. The molecule has 0 saturated carbocycles. The van der Waals surface area contributed by atoms with Gasteiger partial charge in [-0.1, -0.05) is 23.7 Å². The number of nitro groups is 1. The fourth-order valence-corrected chi connectivity index (χ4v) is 3.20. The van der Waals surface area contributed by atoms with Gasteiger partial charge in [0.15, 0.2) is 0 Å². The summed E-state index contributed by atoms with van der Waals surface area (Å²) in [4.78, 5) is 35.5. The minimum atomic E-state index is -1.000. The fourth-order valence-electron chi connectivity index (χ4n) is 2.44. The molecule has 2 aromatic carbocycles. The van der Waals surface area contributed by atoms with Crippen molar-refractivity contribution < 1.29 is 14.5 Å². The Kier molecular flexibility index (Phi) is 5.57. The van der Waals surface area contributed by atoms with Crippen LogP contribution >= 0.6 is 27.5 Å². The molecular weight excluding hydrogens is 454 g/mol. The fraction of sp³-hybridized carbons (Fsp3) is 0.0556. The Morgan fingerprint density at radius 2 is 1.96 bits per heavy atom. The van der Waals surface area contributed by atoms with E-state index in [0.29, 0.717) is 15.2 Å². The number of esters is 1. The molecule has 0 aliphatic rings. The van der Waals surface area contributed by atoms with E-state index >= 15 is 0 Å². The van der Waals surface area contributed by atoms with Crippen molar-refractivity contribution in [1.29, 1.82) is 0 Å². The molecule has 0 radical (unpaired) electrons. The average Bonchev–Trinajstić information content (AvgIpc) is 2.64. The summed E-state index contributed by atoms with van der Waals surface area (Å²) >= 11 is 9.07. The van der Waals surface area contributed by atoms with Gasteiger partial charge in [0.05, 0.1) is 9.40 Å². The highest BCUT2D eigenvalue weighted by Gasteiger charge is 2.22. The minimum Gasteiger partial charge on any atom is -0.420 e. The van der Waals surface area contributed by atoms with Crippen LogP contribution in [0.4, 0.5) is 5.69 Å². The van der Waals surface area contributed by atoms with Gasteiger partial charge in [0.1, 0.15) is 11.4 Å². The quantitative estimate of drug-likeness (QED) is 0.249. The number of nitro benzene ring substituents is 1. The summed E-state index contributed by atoms with van der Waals surface area (Å²) < 4.78 is 6.80. The Morgan fingerprint density at radius 3 is 2.64 bits per heavy atom. The largest absolute Gasteiger partial charge is 0.420 e. The van der Waals surface area contributed by atoms with E-state index in [0.717, 1.165) is 10.7 Å². The number of aryl methyl sites for hydroxylation is 1. The van der Waals surface area contributed by atoms with Crippen molar-refractivity contribution in [3.8, 4) is 11.4 Å². The molecule has 28 heavy (non-hydrogen) atoms. The number of nitrogens with zero attached hydrogens (tertiary/aromatic N) is 3. The van der Waals surface area contributed by atoms with E-state index in [4.69, 9.17) is 16.3 Å². The van der Waals surface area contributed by atoms with Crippen LogP contribution in [0.2, 0.25) is 5.02 Å². The summed E-state index contributed by atoms with van der Waals surface area (Å²) in [6.07, 6.45) is 0. The summed E-state index contributed by atoms with van der Waals surface area (Å²) in [5.74, 6) is -0.853. The second-order valence-corrected chi connectivity index (χ2v) is 6.91. The Labute approximate surface area is 171 Å². The topological polar surface area (TPSA) is 104 Å². The molecule has 0 amide bonds. The second kappa shape index (κ2) is 7.91. The van der Waals surface area contributed by atoms with Gasteiger partial charge >= 0.3 is 5.97 Å². The number of rotatable bonds is 4. The molecule has 3 aromatic rings. The first kappa shape index (κ1) is 19.7. The Bertz CT molecular complexity index is 1160. The third kappa shape index (κ3) is 3.95. The minimum absolute atomic E-state index is 0.117. The van der Waals surface area contributed by atoms with Crippen LogP contribution in [0.5, 0.6) is 5.75 Å². The van der Waals surface area contributed by atoms with Crippen LogP contribution in [-0.2, 0) is 0 Å². The van der Waals surface area contributed by atoms with E-state index in [1.807, 2.05) is 0 Å². The van der Waals surface area contributed by atoms with Crippen LogP contribution < -0.4 is 10.2 Å². The molecular formula is C18H11BrClN3O5. The van der Waals surface area contributed by atoms with Crippen molar-refractivity contribution in [2.75, 3.05) is 0 Å². The Balaban J connectivity index is 2.06. The van der Waals surface area contributed by atoms with Crippen LogP contribution in [-0.4, -0.2) is 20.7 Å². The lowest BCUT2D eigenvalue weighted by atomic mass is 10.2. The van der Waals surface area contributed by atoms with E-state index in [1.165, 1.54) is 36.4 Å². The molecule has 0 unspecified atom stereocenters. The first-order chi connectivity index (χ1) is 13.3. The third-order valence-corrected chi connectivity index (χ3v) is 4.56. The number of halogens is 2. The summed E-state index contributed by atoms with van der Waals surface area (Å²) in [7, 11) is 0. The molecule has 0 fully saturated rings. The highest BCUT2D eigenvalue weighted by Crippen LogP contribution is 2.28. The van der Waals surface area contributed by atoms with Crippen LogP contribution in [0.25, 0.3) is 5.69 Å². The number of ether oxygens (including phenoxy) is 1. The van der Waals surface area contributed by atoms with Crippen LogP contribution in [0.15, 0.2) is 57.8 Å². The van der Waals surface area contributed by atoms with Crippen LogP contribution in [0.1, 0.15) is 16.2 Å². The van der Waals surface area contributed by atoms with Gasteiger partial charge in [0.25, 0.3) is 5.69 Å². The van der Waals surface area contributed by atoms with Crippen molar-refractivity contribution in [2.24, 2.45) is 0 Å². The molecule has 1 aromatic heterocycles. The van der Waals surface area contributed by atoms with Gasteiger partial charge in [-0.05, 0) is 47.1 Å². The molecule has 0 atom stereocenters. The maximum atomic E-state index is 12.5. The lowest BCUT2D eigenvalue weighted by Gasteiger charge is -2.11. The summed E-state index contributed by atoms with van der Waals surface area (Å²) in [6.45, 7) is 1.55. The monoisotopic (exact) mass is 463 g/mol. The van der Waals surface area contributed by atoms with Gasteiger partial charge in [-0.15, -0.1) is 0 Å². The van der Waals surface area contributed by atoms with Crippen molar-refractivity contribution >= 4 is 39.2 Å². The lowest BCUT2D eigenvalue weighted by Crippen LogP contribution is -2.26. The Morgan fingerprint density at radius 1 is 1.25 bits per heavy atom. The van der Waals surface area contributed by atoms with E-state index in [9.17, 15) is 19.7 Å². The van der Waals surface area contributed by atoms with Crippen molar-refractivity contribution in [1.82, 2.24) is 9.78 Å². The third-order valence-electron chi connectivity index (χ3n) is 3.70. The maximum Gasteiger partial charge on any atom is 0.368 e. The number of carbonyl (C=O) groups excluding carboxylic acids is 1. The summed E-state index contributed by atoms with van der Waals surface area (Å²) in [5, 5.41) is 15.7. The molecule has 8 nitrogen and oxygen atoms in total. The van der Waals surface area contributed by atoms with E-state index in [2.05, 4.69) is 21.0 Å². The van der Waals surface area contributed by atoms with E-state index in [1.54, 1.807) is 13.0 Å². The van der Waals surface area contributed by atoms with Crippen molar-refractivity contribution in [3.05, 3.63) is 89.8 Å². The average molecular weight is 465 g/mol. The van der Waals surface area contributed by atoms with Gasteiger partial charge in [0, 0.05) is 22.8 Å². The van der Waals surface area contributed by atoms with Crippen molar-refractivity contribution in [3.63, 3.8) is 0 Å². The number of para-hydroxylation sites is 2. The number of hydrogen-bond acceptors (Lipinski definition) is 6. The molecule has 0 N–H and O–H groups in total. The van der Waals surface area contributed by atoms with Gasteiger partial charge < -0.3 is 4.74 Å². The van der Waals surface area contributed by atoms with Crippen molar-refractivity contribution in [2.45, 2.75) is 6.92 Å². The van der Waals surface area contributed by atoms with E-state index < -0.39 is 22.0 Å². The molecule has 0 bridgehead atoms. The van der Waals surface area contributed by atoms with Gasteiger partial charge in [-0.2, -0.15) is 5.10 Å². The molecule has 142 valence electrons. The number of hydrogen-bond donors (Lipinski definition) is 0. The Hall–Kier alpha value is -3.04. The molecule has 0 aliphatic heterocycles.